The van der Waals surface area contributed by atoms with Crippen molar-refractivity contribution in [2.24, 2.45) is 4.99 Å². The van der Waals surface area contributed by atoms with Crippen LogP contribution in [0.4, 0.5) is 5.69 Å². The Hall–Kier alpha value is -2.98. The van der Waals surface area contributed by atoms with E-state index in [2.05, 4.69) is 20.9 Å². The van der Waals surface area contributed by atoms with Crippen molar-refractivity contribution in [2.45, 2.75) is 0 Å². The molecule has 0 N–H and O–H groups in total. The molecular weight excluding hydrogens is 390 g/mol. The van der Waals surface area contributed by atoms with Gasteiger partial charge in [-0.2, -0.15) is 0 Å². The summed E-state index contributed by atoms with van der Waals surface area (Å²) in [6, 6.07) is 24.8. The molecule has 4 rings (SSSR count). The molecule has 1 aromatic heterocycles. The molecule has 3 aromatic carbocycles. The van der Waals surface area contributed by atoms with E-state index in [0.29, 0.717) is 11.1 Å². The second kappa shape index (κ2) is 7.10. The van der Waals surface area contributed by atoms with Crippen molar-refractivity contribution < 1.29 is 4.42 Å². The van der Waals surface area contributed by atoms with Crippen molar-refractivity contribution in [1.29, 1.82) is 0 Å². The van der Waals surface area contributed by atoms with Gasteiger partial charge in [-0.25, -0.2) is 4.79 Å². The maximum Gasteiger partial charge on any atom is 0.344 e. The lowest BCUT2D eigenvalue weighted by Crippen LogP contribution is -2.02. The fourth-order valence-electron chi connectivity index (χ4n) is 2.69. The average molecular weight is 404 g/mol. The first-order chi connectivity index (χ1) is 12.7. The number of halogens is 1. The summed E-state index contributed by atoms with van der Waals surface area (Å²) in [4.78, 5) is 16.7. The van der Waals surface area contributed by atoms with Crippen molar-refractivity contribution in [3.05, 3.63) is 99.3 Å². The third kappa shape index (κ3) is 3.51. The van der Waals surface area contributed by atoms with Gasteiger partial charge in [0.2, 0.25) is 0 Å². The van der Waals surface area contributed by atoms with Gasteiger partial charge in [0.1, 0.15) is 5.58 Å². The second-order valence-electron chi connectivity index (χ2n) is 5.84. The Kier molecular flexibility index (Phi) is 4.50. The molecule has 26 heavy (non-hydrogen) atoms. The van der Waals surface area contributed by atoms with Gasteiger partial charge in [0.05, 0.1) is 11.3 Å². The number of fused-ring (bicyclic) bond motifs is 1. The van der Waals surface area contributed by atoms with Crippen molar-refractivity contribution in [1.82, 2.24) is 0 Å². The van der Waals surface area contributed by atoms with Crippen molar-refractivity contribution in [3.63, 3.8) is 0 Å². The summed E-state index contributed by atoms with van der Waals surface area (Å²) in [5.41, 5.74) is 3.46. The standard InChI is InChI=1S/C22H14BrNO2/c23-18-9-5-15(6-10-18)14-24-19-11-7-16(8-12-19)20-13-17-3-1-2-4-21(17)26-22(20)25/h1-14H. The van der Waals surface area contributed by atoms with Crippen LogP contribution >= 0.6 is 15.9 Å². The number of hydrogen-bond acceptors (Lipinski definition) is 3. The lowest BCUT2D eigenvalue weighted by atomic mass is 10.1. The molecule has 0 spiro atoms. The van der Waals surface area contributed by atoms with E-state index in [-0.39, 0.29) is 5.63 Å². The summed E-state index contributed by atoms with van der Waals surface area (Å²) in [7, 11) is 0. The van der Waals surface area contributed by atoms with Crippen LogP contribution in [0.15, 0.2) is 97.5 Å². The highest BCUT2D eigenvalue weighted by molar-refractivity contribution is 9.10. The van der Waals surface area contributed by atoms with Gasteiger partial charge in [-0.15, -0.1) is 0 Å². The highest BCUT2D eigenvalue weighted by Crippen LogP contribution is 2.23. The molecule has 0 atom stereocenters. The van der Waals surface area contributed by atoms with Crippen LogP contribution in [0.25, 0.3) is 22.1 Å². The van der Waals surface area contributed by atoms with Crippen molar-refractivity contribution in [2.75, 3.05) is 0 Å². The molecule has 4 heteroatoms. The summed E-state index contributed by atoms with van der Waals surface area (Å²) in [5.74, 6) is 0. The molecule has 0 unspecified atom stereocenters. The molecule has 3 nitrogen and oxygen atoms in total. The summed E-state index contributed by atoms with van der Waals surface area (Å²) >= 11 is 3.41. The van der Waals surface area contributed by atoms with E-state index in [1.54, 1.807) is 6.07 Å². The van der Waals surface area contributed by atoms with Gasteiger partial charge in [0.25, 0.3) is 0 Å². The van der Waals surface area contributed by atoms with Crippen molar-refractivity contribution in [3.8, 4) is 11.1 Å². The first-order valence-electron chi connectivity index (χ1n) is 8.12. The first-order valence-corrected chi connectivity index (χ1v) is 8.91. The number of benzene rings is 3. The summed E-state index contributed by atoms with van der Waals surface area (Å²) in [6.07, 6.45) is 1.81. The van der Waals surface area contributed by atoms with Crippen LogP contribution in [-0.2, 0) is 0 Å². The Bertz CT molecular complexity index is 1140. The van der Waals surface area contributed by atoms with E-state index in [9.17, 15) is 4.79 Å². The summed E-state index contributed by atoms with van der Waals surface area (Å²) < 4.78 is 6.44. The molecular formula is C22H14BrNO2. The maximum absolute atomic E-state index is 12.3. The number of rotatable bonds is 3. The topological polar surface area (TPSA) is 42.6 Å². The molecule has 0 amide bonds. The largest absolute Gasteiger partial charge is 0.422 e. The number of aliphatic imine (C=N–C) groups is 1. The van der Waals surface area contributed by atoms with Crippen LogP contribution in [0.1, 0.15) is 5.56 Å². The van der Waals surface area contributed by atoms with Gasteiger partial charge < -0.3 is 4.42 Å². The molecule has 0 aliphatic rings. The summed E-state index contributed by atoms with van der Waals surface area (Å²) in [5, 5.41) is 0.902. The SMILES string of the molecule is O=c1oc2ccccc2cc1-c1ccc(N=Cc2ccc(Br)cc2)cc1. The molecule has 0 fully saturated rings. The van der Waals surface area contributed by atoms with Crippen LogP contribution in [0.3, 0.4) is 0 Å². The quantitative estimate of drug-likeness (QED) is 0.312. The fourth-order valence-corrected chi connectivity index (χ4v) is 2.95. The van der Waals surface area contributed by atoms with E-state index in [1.807, 2.05) is 79.0 Å². The van der Waals surface area contributed by atoms with Gasteiger partial charge in [-0.05, 0) is 47.5 Å². The molecule has 126 valence electrons. The Labute approximate surface area is 158 Å². The van der Waals surface area contributed by atoms with Gasteiger partial charge in [-0.1, -0.05) is 58.4 Å². The van der Waals surface area contributed by atoms with Crippen LogP contribution in [-0.4, -0.2) is 6.21 Å². The molecule has 0 radical (unpaired) electrons. The highest BCUT2D eigenvalue weighted by atomic mass is 79.9. The normalized spacial score (nSPS) is 11.3. The van der Waals surface area contributed by atoms with Crippen LogP contribution in [0, 0.1) is 0 Å². The number of para-hydroxylation sites is 1. The van der Waals surface area contributed by atoms with Crippen molar-refractivity contribution >= 4 is 38.8 Å². The molecule has 4 aromatic rings. The zero-order valence-corrected chi connectivity index (χ0v) is 15.3. The maximum atomic E-state index is 12.3. The van der Waals surface area contributed by atoms with E-state index in [0.717, 1.165) is 26.7 Å². The molecule has 0 aliphatic heterocycles. The first kappa shape index (κ1) is 16.5. The van der Waals surface area contributed by atoms with Gasteiger partial charge in [-0.3, -0.25) is 4.99 Å². The van der Waals surface area contributed by atoms with E-state index >= 15 is 0 Å². The second-order valence-corrected chi connectivity index (χ2v) is 6.76. The third-order valence-electron chi connectivity index (χ3n) is 4.05. The monoisotopic (exact) mass is 403 g/mol. The third-order valence-corrected chi connectivity index (χ3v) is 4.58. The molecule has 0 saturated heterocycles. The molecule has 0 aliphatic carbocycles. The van der Waals surface area contributed by atoms with Gasteiger partial charge >= 0.3 is 5.63 Å². The lowest BCUT2D eigenvalue weighted by molar-refractivity contribution is 0.563. The average Bonchev–Trinajstić information content (AvgIpc) is 2.67. The Morgan fingerprint density at radius 3 is 2.38 bits per heavy atom. The Balaban J connectivity index is 1.62. The Morgan fingerprint density at radius 2 is 1.62 bits per heavy atom. The van der Waals surface area contributed by atoms with Crippen LogP contribution in [0.2, 0.25) is 0 Å². The van der Waals surface area contributed by atoms with E-state index in [1.165, 1.54) is 0 Å². The lowest BCUT2D eigenvalue weighted by Gasteiger charge is -2.03. The molecule has 0 bridgehead atoms. The van der Waals surface area contributed by atoms with Crippen LogP contribution in [0.5, 0.6) is 0 Å². The van der Waals surface area contributed by atoms with E-state index in [4.69, 9.17) is 4.42 Å². The fraction of sp³-hybridized carbons (Fsp3) is 0. The number of hydrogen-bond donors (Lipinski definition) is 0. The van der Waals surface area contributed by atoms with E-state index < -0.39 is 0 Å². The predicted molar refractivity (Wildman–Crippen MR) is 109 cm³/mol. The molecule has 0 saturated carbocycles. The van der Waals surface area contributed by atoms with Gasteiger partial charge in [0.15, 0.2) is 0 Å². The zero-order chi connectivity index (χ0) is 17.9. The smallest absolute Gasteiger partial charge is 0.344 e. The highest BCUT2D eigenvalue weighted by Gasteiger charge is 2.07. The minimum absolute atomic E-state index is 0.338. The number of nitrogens with zero attached hydrogens (tertiary/aromatic N) is 1. The Morgan fingerprint density at radius 1 is 0.885 bits per heavy atom. The van der Waals surface area contributed by atoms with Gasteiger partial charge in [0, 0.05) is 16.1 Å². The van der Waals surface area contributed by atoms with Crippen LogP contribution < -0.4 is 5.63 Å². The minimum atomic E-state index is -0.338. The predicted octanol–water partition coefficient (Wildman–Crippen LogP) is 5.97. The molecule has 1 heterocycles. The zero-order valence-electron chi connectivity index (χ0n) is 13.7. The minimum Gasteiger partial charge on any atom is -0.422 e. The summed E-state index contributed by atoms with van der Waals surface area (Å²) in [6.45, 7) is 0.